The summed E-state index contributed by atoms with van der Waals surface area (Å²) in [5.74, 6) is -2.10. The number of rotatable bonds is 2. The topological polar surface area (TPSA) is 72.5 Å². The molecule has 0 amide bonds. The summed E-state index contributed by atoms with van der Waals surface area (Å²) in [6.07, 6.45) is 0. The Morgan fingerprint density at radius 2 is 2.12 bits per heavy atom. The van der Waals surface area contributed by atoms with Crippen LogP contribution in [-0.2, 0) is 9.53 Å². The first kappa shape index (κ1) is 14.7. The van der Waals surface area contributed by atoms with Crippen molar-refractivity contribution in [3.8, 4) is 5.75 Å². The molecule has 4 nitrogen and oxygen atoms in total. The molecule has 0 unspecified atom stereocenters. The molecule has 0 radical (unpaired) electrons. The molecule has 3 N–H and O–H groups in total. The number of phenols is 1. The van der Waals surface area contributed by atoms with Crippen LogP contribution >= 0.6 is 12.4 Å². The van der Waals surface area contributed by atoms with Gasteiger partial charge in [0.1, 0.15) is 6.04 Å². The molecule has 0 heterocycles. The third kappa shape index (κ3) is 2.62. The maximum Gasteiger partial charge on any atom is 0.327 e. The van der Waals surface area contributed by atoms with Gasteiger partial charge >= 0.3 is 5.97 Å². The van der Waals surface area contributed by atoms with E-state index in [-0.39, 0.29) is 23.5 Å². The lowest BCUT2D eigenvalue weighted by Gasteiger charge is -2.12. The van der Waals surface area contributed by atoms with E-state index in [4.69, 9.17) is 5.73 Å². The SMILES string of the molecule is COC(=O)[C@@H](N)c1ccc(C)c(F)c1O.Cl. The molecular formula is C10H13ClFNO3. The monoisotopic (exact) mass is 249 g/mol. The number of methoxy groups -OCH3 is 1. The molecule has 1 atom stereocenters. The third-order valence-electron chi connectivity index (χ3n) is 2.13. The van der Waals surface area contributed by atoms with Gasteiger partial charge in [0, 0.05) is 5.56 Å². The number of benzene rings is 1. The second-order valence-corrected chi connectivity index (χ2v) is 3.14. The lowest BCUT2D eigenvalue weighted by molar-refractivity contribution is -0.142. The van der Waals surface area contributed by atoms with Gasteiger partial charge in [-0.2, -0.15) is 0 Å². The van der Waals surface area contributed by atoms with Crippen molar-refractivity contribution in [2.45, 2.75) is 13.0 Å². The summed E-state index contributed by atoms with van der Waals surface area (Å²) in [6.45, 7) is 1.50. The number of carbonyl (C=O) groups is 1. The maximum absolute atomic E-state index is 13.3. The van der Waals surface area contributed by atoms with E-state index in [0.29, 0.717) is 0 Å². The number of aryl methyl sites for hydroxylation is 1. The van der Waals surface area contributed by atoms with Crippen LogP contribution in [0.1, 0.15) is 17.2 Å². The quantitative estimate of drug-likeness (QED) is 0.778. The molecule has 0 aliphatic rings. The van der Waals surface area contributed by atoms with Crippen molar-refractivity contribution in [1.29, 1.82) is 0 Å². The van der Waals surface area contributed by atoms with E-state index in [1.54, 1.807) is 0 Å². The average molecular weight is 250 g/mol. The first-order valence-corrected chi connectivity index (χ1v) is 4.30. The van der Waals surface area contributed by atoms with Crippen molar-refractivity contribution >= 4 is 18.4 Å². The minimum Gasteiger partial charge on any atom is -0.505 e. The Morgan fingerprint density at radius 3 is 2.62 bits per heavy atom. The van der Waals surface area contributed by atoms with Crippen molar-refractivity contribution < 1.29 is 19.0 Å². The third-order valence-corrected chi connectivity index (χ3v) is 2.13. The van der Waals surface area contributed by atoms with Gasteiger partial charge in [-0.15, -0.1) is 12.4 Å². The zero-order valence-corrected chi connectivity index (χ0v) is 9.68. The van der Waals surface area contributed by atoms with Crippen LogP contribution in [0.4, 0.5) is 4.39 Å². The molecule has 0 aliphatic heterocycles. The molecule has 0 saturated carbocycles. The van der Waals surface area contributed by atoms with Crippen LogP contribution in [0.2, 0.25) is 0 Å². The van der Waals surface area contributed by atoms with Gasteiger partial charge < -0.3 is 15.6 Å². The highest BCUT2D eigenvalue weighted by Crippen LogP contribution is 2.28. The van der Waals surface area contributed by atoms with Crippen LogP contribution in [0.25, 0.3) is 0 Å². The van der Waals surface area contributed by atoms with Gasteiger partial charge in [-0.1, -0.05) is 12.1 Å². The molecule has 0 saturated heterocycles. The lowest BCUT2D eigenvalue weighted by Crippen LogP contribution is -2.22. The fourth-order valence-electron chi connectivity index (χ4n) is 1.19. The summed E-state index contributed by atoms with van der Waals surface area (Å²) in [6, 6.07) is 1.66. The van der Waals surface area contributed by atoms with Crippen LogP contribution in [0.15, 0.2) is 12.1 Å². The fraction of sp³-hybridized carbons (Fsp3) is 0.300. The van der Waals surface area contributed by atoms with Crippen LogP contribution in [0.3, 0.4) is 0 Å². The number of hydrogen-bond donors (Lipinski definition) is 2. The molecule has 0 aliphatic carbocycles. The first-order chi connectivity index (χ1) is 6.99. The summed E-state index contributed by atoms with van der Waals surface area (Å²) in [4.78, 5) is 11.1. The number of phenolic OH excluding ortho intramolecular Hbond substituents is 1. The van der Waals surface area contributed by atoms with Crippen LogP contribution in [-0.4, -0.2) is 18.2 Å². The second kappa shape index (κ2) is 5.67. The highest BCUT2D eigenvalue weighted by atomic mass is 35.5. The highest BCUT2D eigenvalue weighted by Gasteiger charge is 2.22. The van der Waals surface area contributed by atoms with Gasteiger partial charge in [-0.05, 0) is 12.5 Å². The molecule has 16 heavy (non-hydrogen) atoms. The maximum atomic E-state index is 13.3. The van der Waals surface area contributed by atoms with Gasteiger partial charge in [0.15, 0.2) is 11.6 Å². The molecule has 1 rings (SSSR count). The summed E-state index contributed by atoms with van der Waals surface area (Å²) in [7, 11) is 1.17. The highest BCUT2D eigenvalue weighted by molar-refractivity contribution is 5.85. The van der Waals surface area contributed by atoms with E-state index in [9.17, 15) is 14.3 Å². The van der Waals surface area contributed by atoms with Crippen molar-refractivity contribution in [1.82, 2.24) is 0 Å². The second-order valence-electron chi connectivity index (χ2n) is 3.14. The van der Waals surface area contributed by atoms with Crippen molar-refractivity contribution in [3.05, 3.63) is 29.1 Å². The van der Waals surface area contributed by atoms with Gasteiger partial charge in [-0.3, -0.25) is 4.79 Å². The molecule has 6 heteroatoms. The molecule has 0 bridgehead atoms. The lowest BCUT2D eigenvalue weighted by atomic mass is 10.0. The van der Waals surface area contributed by atoms with Crippen LogP contribution < -0.4 is 5.73 Å². The number of esters is 1. The summed E-state index contributed by atoms with van der Waals surface area (Å²) < 4.78 is 17.7. The van der Waals surface area contributed by atoms with Crippen molar-refractivity contribution in [3.63, 3.8) is 0 Å². The zero-order valence-electron chi connectivity index (χ0n) is 8.86. The Kier molecular flexibility index (Phi) is 5.20. The Hall–Kier alpha value is -1.33. The summed E-state index contributed by atoms with van der Waals surface area (Å²) >= 11 is 0. The number of hydrogen-bond acceptors (Lipinski definition) is 4. The average Bonchev–Trinajstić information content (AvgIpc) is 2.24. The molecule has 1 aromatic carbocycles. The van der Waals surface area contributed by atoms with Gasteiger partial charge in [-0.25, -0.2) is 4.39 Å². The Labute approximate surface area is 98.6 Å². The van der Waals surface area contributed by atoms with Crippen LogP contribution in [0, 0.1) is 12.7 Å². The van der Waals surface area contributed by atoms with E-state index in [1.165, 1.54) is 26.2 Å². The Morgan fingerprint density at radius 1 is 1.56 bits per heavy atom. The minimum atomic E-state index is -1.18. The van der Waals surface area contributed by atoms with Gasteiger partial charge in [0.2, 0.25) is 0 Å². The Balaban J connectivity index is 0.00000225. The van der Waals surface area contributed by atoms with E-state index < -0.39 is 23.6 Å². The number of aromatic hydroxyl groups is 1. The molecule has 0 spiro atoms. The van der Waals surface area contributed by atoms with E-state index in [1.807, 2.05) is 0 Å². The smallest absolute Gasteiger partial charge is 0.327 e. The van der Waals surface area contributed by atoms with E-state index in [2.05, 4.69) is 4.74 Å². The number of halogens is 2. The summed E-state index contributed by atoms with van der Waals surface area (Å²) in [5.41, 5.74) is 5.77. The van der Waals surface area contributed by atoms with E-state index >= 15 is 0 Å². The molecule has 90 valence electrons. The number of nitrogens with two attached hydrogens (primary N) is 1. The van der Waals surface area contributed by atoms with Gasteiger partial charge in [0.25, 0.3) is 0 Å². The standard InChI is InChI=1S/C10H12FNO3.ClH/c1-5-3-4-6(9(13)7(5)11)8(12)10(14)15-2;/h3-4,8,13H,12H2,1-2H3;1H/t8-;/m0./s1. The van der Waals surface area contributed by atoms with E-state index in [0.717, 1.165) is 0 Å². The summed E-state index contributed by atoms with van der Waals surface area (Å²) in [5, 5.41) is 9.43. The fourth-order valence-corrected chi connectivity index (χ4v) is 1.19. The number of carbonyl (C=O) groups excluding carboxylic acids is 1. The zero-order chi connectivity index (χ0) is 11.6. The molecular weight excluding hydrogens is 237 g/mol. The van der Waals surface area contributed by atoms with Crippen molar-refractivity contribution in [2.75, 3.05) is 7.11 Å². The molecule has 0 fully saturated rings. The van der Waals surface area contributed by atoms with Crippen LogP contribution in [0.5, 0.6) is 5.75 Å². The predicted octanol–water partition coefficient (Wildman–Crippen LogP) is 1.43. The first-order valence-electron chi connectivity index (χ1n) is 4.30. The number of ether oxygens (including phenoxy) is 1. The normalized spacial score (nSPS) is 11.5. The predicted molar refractivity (Wildman–Crippen MR) is 59.0 cm³/mol. The molecule has 1 aromatic rings. The van der Waals surface area contributed by atoms with Gasteiger partial charge in [0.05, 0.1) is 7.11 Å². The Bertz CT molecular complexity index is 398. The largest absolute Gasteiger partial charge is 0.505 e. The van der Waals surface area contributed by atoms with Crippen molar-refractivity contribution in [2.24, 2.45) is 5.73 Å². The minimum absolute atomic E-state index is 0. The molecule has 0 aromatic heterocycles.